The molecule has 0 aromatic heterocycles. The van der Waals surface area contributed by atoms with Crippen molar-refractivity contribution >= 4 is 15.9 Å². The molecule has 3 N–H and O–H groups in total. The van der Waals surface area contributed by atoms with Crippen molar-refractivity contribution in [1.82, 2.24) is 5.43 Å². The van der Waals surface area contributed by atoms with Gasteiger partial charge in [-0.2, -0.15) is 0 Å². The molecule has 1 unspecified atom stereocenters. The van der Waals surface area contributed by atoms with Crippen LogP contribution in [0.3, 0.4) is 0 Å². The van der Waals surface area contributed by atoms with Gasteiger partial charge in [-0.1, -0.05) is 58.4 Å². The van der Waals surface area contributed by atoms with E-state index in [2.05, 4.69) is 70.7 Å². The van der Waals surface area contributed by atoms with Crippen molar-refractivity contribution in [3.05, 3.63) is 69.7 Å². The minimum Gasteiger partial charge on any atom is -0.271 e. The summed E-state index contributed by atoms with van der Waals surface area (Å²) >= 11 is 3.59. The molecule has 0 aliphatic rings. The molecule has 100 valence electrons. The van der Waals surface area contributed by atoms with Crippen LogP contribution in [0, 0.1) is 6.92 Å². The first-order chi connectivity index (χ1) is 9.20. The van der Waals surface area contributed by atoms with Gasteiger partial charge in [0, 0.05) is 10.5 Å². The Labute approximate surface area is 123 Å². The van der Waals surface area contributed by atoms with E-state index >= 15 is 0 Å². The molecular weight excluding hydrogens is 300 g/mol. The molecule has 0 saturated heterocycles. The summed E-state index contributed by atoms with van der Waals surface area (Å²) in [4.78, 5) is 0. The van der Waals surface area contributed by atoms with Crippen LogP contribution in [0.4, 0.5) is 0 Å². The highest BCUT2D eigenvalue weighted by Gasteiger charge is 2.11. The number of hydrogen-bond acceptors (Lipinski definition) is 2. The number of rotatable bonds is 5. The molecule has 2 rings (SSSR count). The lowest BCUT2D eigenvalue weighted by Gasteiger charge is -2.18. The van der Waals surface area contributed by atoms with E-state index in [1.165, 1.54) is 16.7 Å². The summed E-state index contributed by atoms with van der Waals surface area (Å²) in [5.41, 5.74) is 6.87. The van der Waals surface area contributed by atoms with Gasteiger partial charge in [0.2, 0.25) is 0 Å². The largest absolute Gasteiger partial charge is 0.271 e. The van der Waals surface area contributed by atoms with E-state index in [-0.39, 0.29) is 6.04 Å². The van der Waals surface area contributed by atoms with Gasteiger partial charge in [0.05, 0.1) is 0 Å². The molecule has 19 heavy (non-hydrogen) atoms. The van der Waals surface area contributed by atoms with Crippen LogP contribution in [0.1, 0.15) is 16.7 Å². The zero-order valence-electron chi connectivity index (χ0n) is 11.1. The van der Waals surface area contributed by atoms with E-state index < -0.39 is 0 Å². The normalized spacial score (nSPS) is 12.4. The number of halogens is 1. The van der Waals surface area contributed by atoms with E-state index in [1.54, 1.807) is 0 Å². The molecule has 1 atom stereocenters. The zero-order chi connectivity index (χ0) is 13.7. The van der Waals surface area contributed by atoms with Crippen LogP contribution < -0.4 is 11.3 Å². The number of nitrogens with two attached hydrogens (primary N) is 1. The maximum absolute atomic E-state index is 5.70. The lowest BCUT2D eigenvalue weighted by molar-refractivity contribution is 0.521. The smallest absolute Gasteiger partial charge is 0.0291 e. The molecule has 2 nitrogen and oxygen atoms in total. The van der Waals surface area contributed by atoms with Gasteiger partial charge in [0.25, 0.3) is 0 Å². The van der Waals surface area contributed by atoms with Gasteiger partial charge in [-0.05, 0) is 42.5 Å². The second-order valence-corrected chi connectivity index (χ2v) is 5.64. The molecule has 0 aliphatic heterocycles. The molecule has 0 heterocycles. The number of nitrogens with one attached hydrogen (secondary N) is 1. The molecule has 2 aromatic carbocycles. The third kappa shape index (κ3) is 3.90. The molecule has 0 fully saturated rings. The molecular formula is C16H19BrN2. The van der Waals surface area contributed by atoms with Crippen LogP contribution in [-0.2, 0) is 12.8 Å². The maximum Gasteiger partial charge on any atom is 0.0291 e. The van der Waals surface area contributed by atoms with Crippen molar-refractivity contribution in [2.45, 2.75) is 25.8 Å². The summed E-state index contributed by atoms with van der Waals surface area (Å²) in [6, 6.07) is 17.0. The Morgan fingerprint density at radius 3 is 2.21 bits per heavy atom. The van der Waals surface area contributed by atoms with Crippen molar-refractivity contribution in [3.8, 4) is 0 Å². The second-order valence-electron chi connectivity index (χ2n) is 4.79. The van der Waals surface area contributed by atoms with Crippen LogP contribution in [-0.4, -0.2) is 6.04 Å². The average molecular weight is 319 g/mol. The maximum atomic E-state index is 5.70. The first-order valence-corrected chi connectivity index (χ1v) is 7.24. The van der Waals surface area contributed by atoms with E-state index in [9.17, 15) is 0 Å². The highest BCUT2D eigenvalue weighted by molar-refractivity contribution is 9.10. The molecule has 0 saturated carbocycles. The molecule has 0 aliphatic carbocycles. The lowest BCUT2D eigenvalue weighted by Crippen LogP contribution is -2.38. The first-order valence-electron chi connectivity index (χ1n) is 6.44. The Morgan fingerprint density at radius 2 is 1.58 bits per heavy atom. The van der Waals surface area contributed by atoms with Crippen molar-refractivity contribution in [1.29, 1.82) is 0 Å². The zero-order valence-corrected chi connectivity index (χ0v) is 12.7. The molecule has 0 radical (unpaired) electrons. The average Bonchev–Trinajstić information content (AvgIpc) is 2.42. The Hall–Kier alpha value is -1.16. The Bertz CT molecular complexity index is 492. The topological polar surface area (TPSA) is 38.0 Å². The van der Waals surface area contributed by atoms with Gasteiger partial charge < -0.3 is 0 Å². The second kappa shape index (κ2) is 6.85. The molecule has 2 aromatic rings. The minimum absolute atomic E-state index is 0.236. The predicted octanol–water partition coefficient (Wildman–Crippen LogP) is 3.37. The van der Waals surface area contributed by atoms with E-state index in [1.807, 2.05) is 6.07 Å². The third-order valence-corrected chi connectivity index (χ3v) is 4.16. The SMILES string of the molecule is Cc1ccccc1CC(Cc1ccccc1Br)NN. The van der Waals surface area contributed by atoms with Crippen molar-refractivity contribution in [2.24, 2.45) is 5.84 Å². The number of benzene rings is 2. The molecule has 0 bridgehead atoms. The fourth-order valence-electron chi connectivity index (χ4n) is 2.22. The van der Waals surface area contributed by atoms with E-state index in [0.29, 0.717) is 0 Å². The molecule has 0 amide bonds. The number of hydrogen-bond donors (Lipinski definition) is 2. The Balaban J connectivity index is 2.09. The Kier molecular flexibility index (Phi) is 5.14. The first kappa shape index (κ1) is 14.3. The Morgan fingerprint density at radius 1 is 1.00 bits per heavy atom. The minimum atomic E-state index is 0.236. The standard InChI is InChI=1S/C16H19BrN2/c1-12-6-2-3-7-13(12)10-15(19-18)11-14-8-4-5-9-16(14)17/h2-9,15,19H,10-11,18H2,1H3. The predicted molar refractivity (Wildman–Crippen MR) is 83.8 cm³/mol. The van der Waals surface area contributed by atoms with Crippen molar-refractivity contribution < 1.29 is 0 Å². The summed E-state index contributed by atoms with van der Waals surface area (Å²) in [5, 5.41) is 0. The van der Waals surface area contributed by atoms with Crippen molar-refractivity contribution in [3.63, 3.8) is 0 Å². The summed E-state index contributed by atoms with van der Waals surface area (Å²) in [6.45, 7) is 2.14. The van der Waals surface area contributed by atoms with Gasteiger partial charge in [-0.25, -0.2) is 0 Å². The highest BCUT2D eigenvalue weighted by Crippen LogP contribution is 2.19. The van der Waals surface area contributed by atoms with Gasteiger partial charge in [-0.15, -0.1) is 0 Å². The van der Waals surface area contributed by atoms with Gasteiger partial charge in [0.15, 0.2) is 0 Å². The summed E-state index contributed by atoms with van der Waals surface area (Å²) < 4.78 is 1.14. The van der Waals surface area contributed by atoms with Gasteiger partial charge in [0.1, 0.15) is 0 Å². The number of aryl methyl sites for hydroxylation is 1. The van der Waals surface area contributed by atoms with Crippen LogP contribution in [0.25, 0.3) is 0 Å². The van der Waals surface area contributed by atoms with Crippen LogP contribution in [0.5, 0.6) is 0 Å². The fourth-order valence-corrected chi connectivity index (χ4v) is 2.67. The highest BCUT2D eigenvalue weighted by atomic mass is 79.9. The number of hydrazine groups is 1. The summed E-state index contributed by atoms with van der Waals surface area (Å²) in [6.07, 6.45) is 1.84. The third-order valence-electron chi connectivity index (χ3n) is 3.39. The van der Waals surface area contributed by atoms with E-state index in [4.69, 9.17) is 5.84 Å². The fraction of sp³-hybridized carbons (Fsp3) is 0.250. The quantitative estimate of drug-likeness (QED) is 0.655. The molecule has 0 spiro atoms. The van der Waals surface area contributed by atoms with Crippen LogP contribution in [0.15, 0.2) is 53.0 Å². The monoisotopic (exact) mass is 318 g/mol. The van der Waals surface area contributed by atoms with Gasteiger partial charge in [-0.3, -0.25) is 11.3 Å². The van der Waals surface area contributed by atoms with Crippen LogP contribution in [0.2, 0.25) is 0 Å². The summed E-state index contributed by atoms with van der Waals surface area (Å²) in [7, 11) is 0. The van der Waals surface area contributed by atoms with Crippen LogP contribution >= 0.6 is 15.9 Å². The molecule has 3 heteroatoms. The lowest BCUT2D eigenvalue weighted by atomic mass is 9.97. The van der Waals surface area contributed by atoms with Crippen molar-refractivity contribution in [2.75, 3.05) is 0 Å². The summed E-state index contributed by atoms with van der Waals surface area (Å²) in [5.74, 6) is 5.70. The van der Waals surface area contributed by atoms with Gasteiger partial charge >= 0.3 is 0 Å². The van der Waals surface area contributed by atoms with E-state index in [0.717, 1.165) is 17.3 Å².